The van der Waals surface area contributed by atoms with Gasteiger partial charge in [-0.1, -0.05) is 19.9 Å². The summed E-state index contributed by atoms with van der Waals surface area (Å²) in [5, 5.41) is 7.03. The van der Waals surface area contributed by atoms with Gasteiger partial charge in [0.1, 0.15) is 5.65 Å². The van der Waals surface area contributed by atoms with Crippen molar-refractivity contribution in [3.63, 3.8) is 0 Å². The van der Waals surface area contributed by atoms with Gasteiger partial charge in [0.15, 0.2) is 5.96 Å². The summed E-state index contributed by atoms with van der Waals surface area (Å²) in [7, 11) is 1.84. The summed E-state index contributed by atoms with van der Waals surface area (Å²) in [4.78, 5) is 11.7. The molecule has 0 aromatic carbocycles. The summed E-state index contributed by atoms with van der Waals surface area (Å²) in [6.45, 7) is 11.1. The summed E-state index contributed by atoms with van der Waals surface area (Å²) < 4.78 is 2.10. The lowest BCUT2D eigenvalue weighted by Gasteiger charge is -2.33. The molecule has 7 heteroatoms. The van der Waals surface area contributed by atoms with Crippen molar-refractivity contribution in [3.8, 4) is 0 Å². The van der Waals surface area contributed by atoms with Gasteiger partial charge in [-0.2, -0.15) is 0 Å². The highest BCUT2D eigenvalue weighted by Gasteiger charge is 2.20. The number of aromatic nitrogens is 2. The quantitative estimate of drug-likeness (QED) is 0.365. The Morgan fingerprint density at radius 2 is 2.07 bits per heavy atom. The number of aliphatic imine (C=N–C) groups is 1. The number of likely N-dealkylation sites (tertiary alicyclic amines) is 1. The van der Waals surface area contributed by atoms with Crippen LogP contribution in [0.3, 0.4) is 0 Å². The maximum absolute atomic E-state index is 4.74. The number of aryl methyl sites for hydroxylation is 1. The normalized spacial score (nSPS) is 16.4. The summed E-state index contributed by atoms with van der Waals surface area (Å²) >= 11 is 0. The molecule has 0 bridgehead atoms. The van der Waals surface area contributed by atoms with E-state index in [-0.39, 0.29) is 24.0 Å². The Bertz CT molecular complexity index is 761. The molecular weight excluding hydrogens is 463 g/mol. The summed E-state index contributed by atoms with van der Waals surface area (Å²) in [5.74, 6) is 1.64. The highest BCUT2D eigenvalue weighted by Crippen LogP contribution is 2.12. The third-order valence-corrected chi connectivity index (χ3v) is 5.18. The molecule has 0 saturated carbocycles. The fourth-order valence-corrected chi connectivity index (χ4v) is 3.80. The maximum atomic E-state index is 4.74. The van der Waals surface area contributed by atoms with E-state index in [9.17, 15) is 0 Å². The van der Waals surface area contributed by atoms with Gasteiger partial charge < -0.3 is 19.9 Å². The molecule has 28 heavy (non-hydrogen) atoms. The monoisotopic (exact) mass is 498 g/mol. The molecule has 1 fully saturated rings. The lowest BCUT2D eigenvalue weighted by molar-refractivity contribution is 0.187. The van der Waals surface area contributed by atoms with Crippen LogP contribution in [0.2, 0.25) is 0 Å². The number of pyridine rings is 1. The lowest BCUT2D eigenvalue weighted by atomic mass is 10.0. The molecule has 0 unspecified atom stereocenters. The molecule has 0 atom stereocenters. The summed E-state index contributed by atoms with van der Waals surface area (Å²) in [6.07, 6.45) is 7.41. The fraction of sp³-hybridized carbons (Fsp3) is 0.619. The van der Waals surface area contributed by atoms with Crippen molar-refractivity contribution in [2.45, 2.75) is 46.1 Å². The van der Waals surface area contributed by atoms with Crippen molar-refractivity contribution in [3.05, 3.63) is 35.8 Å². The number of hydrogen-bond donors (Lipinski definition) is 2. The number of nitrogens with zero attached hydrogens (tertiary/aromatic N) is 4. The maximum Gasteiger partial charge on any atom is 0.191 e. The van der Waals surface area contributed by atoms with Crippen molar-refractivity contribution in [1.29, 1.82) is 0 Å². The minimum absolute atomic E-state index is 0. The smallest absolute Gasteiger partial charge is 0.191 e. The van der Waals surface area contributed by atoms with E-state index < -0.39 is 0 Å². The van der Waals surface area contributed by atoms with Crippen molar-refractivity contribution >= 4 is 35.6 Å². The third kappa shape index (κ3) is 6.34. The molecule has 156 valence electrons. The van der Waals surface area contributed by atoms with Crippen molar-refractivity contribution in [2.24, 2.45) is 10.9 Å². The molecule has 2 N–H and O–H groups in total. The molecule has 0 spiro atoms. The standard InChI is InChI=1S/C21H34N6.HI/c1-16(2)14-26-12-8-18(9-13-26)25-21(22-4)23-10-7-19-15-27-11-5-6-17(3)20(27)24-19;/h5-6,11,15-16,18H,7-10,12-14H2,1-4H3,(H2,22,23,25);1H. The Hall–Kier alpha value is -1.35. The Kier molecular flexibility index (Phi) is 9.01. The van der Waals surface area contributed by atoms with E-state index >= 15 is 0 Å². The van der Waals surface area contributed by atoms with Gasteiger partial charge in [-0.3, -0.25) is 4.99 Å². The van der Waals surface area contributed by atoms with Crippen molar-refractivity contribution in [1.82, 2.24) is 24.9 Å². The predicted octanol–water partition coefficient (Wildman–Crippen LogP) is 3.09. The van der Waals surface area contributed by atoms with Crippen molar-refractivity contribution < 1.29 is 0 Å². The van der Waals surface area contributed by atoms with Crippen LogP contribution in [0.1, 0.15) is 37.9 Å². The van der Waals surface area contributed by atoms with Crippen LogP contribution in [-0.2, 0) is 6.42 Å². The Labute approximate surface area is 186 Å². The zero-order valence-corrected chi connectivity index (χ0v) is 19.9. The first-order valence-electron chi connectivity index (χ1n) is 10.2. The molecule has 6 nitrogen and oxygen atoms in total. The third-order valence-electron chi connectivity index (χ3n) is 5.18. The zero-order valence-electron chi connectivity index (χ0n) is 17.6. The minimum Gasteiger partial charge on any atom is -0.356 e. The first kappa shape index (κ1) is 22.9. The predicted molar refractivity (Wildman–Crippen MR) is 128 cm³/mol. The molecule has 2 aromatic heterocycles. The SMILES string of the molecule is CN=C(NCCc1cn2cccc(C)c2n1)NC1CCN(CC(C)C)CC1.I. The number of piperidine rings is 1. The second-order valence-corrected chi connectivity index (χ2v) is 8.02. The number of hydrogen-bond acceptors (Lipinski definition) is 3. The van der Waals surface area contributed by atoms with E-state index in [1.807, 2.05) is 7.05 Å². The Balaban J connectivity index is 0.00000280. The second-order valence-electron chi connectivity index (χ2n) is 8.02. The molecule has 1 aliphatic heterocycles. The van der Waals surface area contributed by atoms with Gasteiger partial charge in [0.25, 0.3) is 0 Å². The lowest BCUT2D eigenvalue weighted by Crippen LogP contribution is -2.49. The first-order valence-corrected chi connectivity index (χ1v) is 10.2. The molecule has 3 heterocycles. The van der Waals surface area contributed by atoms with Gasteiger partial charge in [0.05, 0.1) is 5.69 Å². The van der Waals surface area contributed by atoms with Gasteiger partial charge in [-0.05, 0) is 37.3 Å². The van der Waals surface area contributed by atoms with Crippen LogP contribution >= 0.6 is 24.0 Å². The molecule has 3 rings (SSSR count). The molecular formula is C21H35IN6. The van der Waals surface area contributed by atoms with Crippen LogP contribution < -0.4 is 10.6 Å². The van der Waals surface area contributed by atoms with Crippen LogP contribution in [0.25, 0.3) is 5.65 Å². The van der Waals surface area contributed by atoms with E-state index in [2.05, 4.69) is 70.2 Å². The van der Waals surface area contributed by atoms with Crippen LogP contribution in [0.4, 0.5) is 0 Å². The number of guanidine groups is 1. The first-order chi connectivity index (χ1) is 13.0. The van der Waals surface area contributed by atoms with Gasteiger partial charge in [-0.25, -0.2) is 4.98 Å². The second kappa shape index (κ2) is 11.0. The van der Waals surface area contributed by atoms with Crippen LogP contribution in [0, 0.1) is 12.8 Å². The molecule has 1 saturated heterocycles. The Morgan fingerprint density at radius 1 is 1.32 bits per heavy atom. The molecule has 1 aliphatic rings. The van der Waals surface area contributed by atoms with Crippen molar-refractivity contribution in [2.75, 3.05) is 33.2 Å². The highest BCUT2D eigenvalue weighted by molar-refractivity contribution is 14.0. The topological polar surface area (TPSA) is 57.0 Å². The van der Waals surface area contributed by atoms with Gasteiger partial charge in [-0.15, -0.1) is 24.0 Å². The molecule has 0 radical (unpaired) electrons. The summed E-state index contributed by atoms with van der Waals surface area (Å²) in [5.41, 5.74) is 3.36. The average molecular weight is 498 g/mol. The number of fused-ring (bicyclic) bond motifs is 1. The van der Waals surface area contributed by atoms with Crippen LogP contribution in [0.5, 0.6) is 0 Å². The van der Waals surface area contributed by atoms with E-state index in [4.69, 9.17) is 4.98 Å². The van der Waals surface area contributed by atoms with E-state index in [0.29, 0.717) is 6.04 Å². The van der Waals surface area contributed by atoms with Gasteiger partial charge in [0.2, 0.25) is 0 Å². The summed E-state index contributed by atoms with van der Waals surface area (Å²) in [6, 6.07) is 4.67. The highest BCUT2D eigenvalue weighted by atomic mass is 127. The minimum atomic E-state index is 0. The number of rotatable bonds is 6. The Morgan fingerprint density at radius 3 is 2.71 bits per heavy atom. The number of nitrogens with one attached hydrogen (secondary N) is 2. The van der Waals surface area contributed by atoms with Gasteiger partial charge >= 0.3 is 0 Å². The van der Waals surface area contributed by atoms with Gasteiger partial charge in [0, 0.05) is 58.1 Å². The van der Waals surface area contributed by atoms with Crippen LogP contribution in [0.15, 0.2) is 29.5 Å². The fourth-order valence-electron chi connectivity index (χ4n) is 3.80. The zero-order chi connectivity index (χ0) is 19.2. The van der Waals surface area contributed by atoms with E-state index in [0.717, 1.165) is 36.2 Å². The molecule has 0 aliphatic carbocycles. The number of halogens is 1. The van der Waals surface area contributed by atoms with E-state index in [1.165, 1.54) is 38.0 Å². The largest absolute Gasteiger partial charge is 0.356 e. The average Bonchev–Trinajstić information content (AvgIpc) is 3.06. The number of imidazole rings is 1. The van der Waals surface area contributed by atoms with Crippen LogP contribution in [-0.4, -0.2) is 59.5 Å². The van der Waals surface area contributed by atoms with E-state index in [1.54, 1.807) is 0 Å². The molecule has 2 aromatic rings. The molecule has 0 amide bonds.